The van der Waals surface area contributed by atoms with Gasteiger partial charge in [-0.2, -0.15) is 0 Å². The molecule has 0 aliphatic carbocycles. The standard InChI is InChI=1S/C9H21N3O2Si/c1-9(2,3)15(4,5)14-7(13)6-12-8(10)11/h6H2,1-5H3,(H4,10,11,12). The van der Waals surface area contributed by atoms with Gasteiger partial charge in [0.1, 0.15) is 6.54 Å². The van der Waals surface area contributed by atoms with Crippen molar-refractivity contribution in [2.75, 3.05) is 6.54 Å². The van der Waals surface area contributed by atoms with Crippen molar-refractivity contribution in [3.8, 4) is 0 Å². The van der Waals surface area contributed by atoms with Crippen molar-refractivity contribution in [1.82, 2.24) is 0 Å². The maximum atomic E-state index is 11.4. The molecule has 0 radical (unpaired) electrons. The Bertz CT molecular complexity index is 265. The van der Waals surface area contributed by atoms with Crippen LogP contribution in [0.4, 0.5) is 0 Å². The lowest BCUT2D eigenvalue weighted by Gasteiger charge is -2.35. The number of nitrogens with two attached hydrogens (primary N) is 2. The second-order valence-electron chi connectivity index (χ2n) is 4.98. The van der Waals surface area contributed by atoms with E-state index in [1.54, 1.807) is 0 Å². The molecule has 0 atom stereocenters. The summed E-state index contributed by atoms with van der Waals surface area (Å²) < 4.78 is 5.43. The number of aliphatic imine (C=N–C) groups is 1. The van der Waals surface area contributed by atoms with Crippen LogP contribution >= 0.6 is 0 Å². The van der Waals surface area contributed by atoms with Gasteiger partial charge in [-0.1, -0.05) is 20.8 Å². The Morgan fingerprint density at radius 1 is 1.33 bits per heavy atom. The van der Waals surface area contributed by atoms with E-state index < -0.39 is 8.32 Å². The first kappa shape index (κ1) is 14.0. The third kappa shape index (κ3) is 4.82. The lowest BCUT2D eigenvalue weighted by molar-refractivity contribution is -0.133. The normalized spacial score (nSPS) is 12.1. The monoisotopic (exact) mass is 231 g/mol. The highest BCUT2D eigenvalue weighted by molar-refractivity contribution is 6.75. The van der Waals surface area contributed by atoms with Crippen molar-refractivity contribution in [1.29, 1.82) is 0 Å². The quantitative estimate of drug-likeness (QED) is 0.427. The molecule has 15 heavy (non-hydrogen) atoms. The van der Waals surface area contributed by atoms with E-state index in [1.165, 1.54) is 0 Å². The Labute approximate surface area is 92.0 Å². The van der Waals surface area contributed by atoms with Crippen LogP contribution in [0.1, 0.15) is 20.8 Å². The molecule has 0 aliphatic rings. The molecule has 0 unspecified atom stereocenters. The van der Waals surface area contributed by atoms with Crippen molar-refractivity contribution in [3.63, 3.8) is 0 Å². The maximum Gasteiger partial charge on any atom is 0.314 e. The van der Waals surface area contributed by atoms with Gasteiger partial charge in [0.2, 0.25) is 0 Å². The molecular weight excluding hydrogens is 210 g/mol. The third-order valence-electron chi connectivity index (χ3n) is 2.57. The van der Waals surface area contributed by atoms with Gasteiger partial charge in [0.05, 0.1) is 0 Å². The minimum Gasteiger partial charge on any atom is -0.518 e. The summed E-state index contributed by atoms with van der Waals surface area (Å²) in [6, 6.07) is 0. The fraction of sp³-hybridized carbons (Fsp3) is 0.778. The molecule has 0 aromatic heterocycles. The van der Waals surface area contributed by atoms with E-state index in [2.05, 4.69) is 25.8 Å². The predicted molar refractivity (Wildman–Crippen MR) is 64.0 cm³/mol. The summed E-state index contributed by atoms with van der Waals surface area (Å²) in [4.78, 5) is 15.0. The zero-order valence-corrected chi connectivity index (χ0v) is 11.1. The van der Waals surface area contributed by atoms with Gasteiger partial charge >= 0.3 is 5.97 Å². The lowest BCUT2D eigenvalue weighted by Crippen LogP contribution is -2.43. The number of hydrogen-bond donors (Lipinski definition) is 2. The minimum absolute atomic E-state index is 0.000629. The van der Waals surface area contributed by atoms with E-state index in [9.17, 15) is 4.79 Å². The van der Waals surface area contributed by atoms with Crippen LogP contribution in [0.15, 0.2) is 4.99 Å². The first-order chi connectivity index (χ1) is 6.56. The van der Waals surface area contributed by atoms with Crippen molar-refractivity contribution in [2.45, 2.75) is 38.9 Å². The molecule has 5 nitrogen and oxygen atoms in total. The zero-order valence-electron chi connectivity index (χ0n) is 10.1. The van der Waals surface area contributed by atoms with Crippen LogP contribution in [0.3, 0.4) is 0 Å². The summed E-state index contributed by atoms with van der Waals surface area (Å²) in [6.07, 6.45) is 0. The Morgan fingerprint density at radius 3 is 2.13 bits per heavy atom. The zero-order chi connectivity index (χ0) is 12.3. The van der Waals surface area contributed by atoms with Crippen LogP contribution in [0, 0.1) is 0 Å². The second kappa shape index (κ2) is 4.65. The average molecular weight is 231 g/mol. The fourth-order valence-corrected chi connectivity index (χ4v) is 1.57. The molecule has 0 bridgehead atoms. The van der Waals surface area contributed by atoms with E-state index in [0.717, 1.165) is 0 Å². The number of rotatable bonds is 3. The van der Waals surface area contributed by atoms with Crippen LogP contribution in [0.25, 0.3) is 0 Å². The summed E-state index contributed by atoms with van der Waals surface area (Å²) in [5.74, 6) is -0.461. The Morgan fingerprint density at radius 2 is 1.80 bits per heavy atom. The van der Waals surface area contributed by atoms with E-state index >= 15 is 0 Å². The molecule has 0 aromatic rings. The molecule has 0 aliphatic heterocycles. The second-order valence-corrected chi connectivity index (χ2v) is 9.70. The molecule has 0 aromatic carbocycles. The van der Waals surface area contributed by atoms with Gasteiger partial charge in [-0.15, -0.1) is 0 Å². The summed E-state index contributed by atoms with van der Waals surface area (Å²) >= 11 is 0. The molecular formula is C9H21N3O2Si. The number of nitrogens with zero attached hydrogens (tertiary/aromatic N) is 1. The highest BCUT2D eigenvalue weighted by Crippen LogP contribution is 2.36. The summed E-state index contributed by atoms with van der Waals surface area (Å²) in [7, 11) is -2.04. The molecule has 0 rings (SSSR count). The molecule has 0 heterocycles. The lowest BCUT2D eigenvalue weighted by atomic mass is 10.2. The highest BCUT2D eigenvalue weighted by Gasteiger charge is 2.40. The smallest absolute Gasteiger partial charge is 0.314 e. The van der Waals surface area contributed by atoms with Gasteiger partial charge < -0.3 is 15.9 Å². The van der Waals surface area contributed by atoms with Crippen LogP contribution in [0.2, 0.25) is 18.1 Å². The topological polar surface area (TPSA) is 90.7 Å². The van der Waals surface area contributed by atoms with E-state index in [4.69, 9.17) is 15.9 Å². The van der Waals surface area contributed by atoms with Crippen LogP contribution in [0.5, 0.6) is 0 Å². The molecule has 88 valence electrons. The van der Waals surface area contributed by atoms with Crippen molar-refractivity contribution in [2.24, 2.45) is 16.5 Å². The van der Waals surface area contributed by atoms with Crippen molar-refractivity contribution < 1.29 is 9.22 Å². The summed E-state index contributed by atoms with van der Waals surface area (Å²) in [5, 5.41) is 0.000629. The largest absolute Gasteiger partial charge is 0.518 e. The molecule has 0 spiro atoms. The average Bonchev–Trinajstić information content (AvgIpc) is 1.97. The maximum absolute atomic E-state index is 11.4. The predicted octanol–water partition coefficient (Wildman–Crippen LogP) is 0.808. The van der Waals surface area contributed by atoms with E-state index in [1.807, 2.05) is 13.1 Å². The van der Waals surface area contributed by atoms with Crippen molar-refractivity contribution in [3.05, 3.63) is 0 Å². The fourth-order valence-electron chi connectivity index (χ4n) is 0.626. The molecule has 0 fully saturated rings. The van der Waals surface area contributed by atoms with Crippen LogP contribution in [-0.2, 0) is 9.22 Å². The van der Waals surface area contributed by atoms with Gasteiger partial charge in [-0.25, -0.2) is 4.99 Å². The summed E-state index contributed by atoms with van der Waals surface area (Å²) in [5.41, 5.74) is 10.2. The Balaban J connectivity index is 4.36. The minimum atomic E-state index is -2.04. The van der Waals surface area contributed by atoms with Gasteiger partial charge in [0.25, 0.3) is 8.32 Å². The molecule has 6 heteroatoms. The van der Waals surface area contributed by atoms with Gasteiger partial charge in [-0.05, 0) is 18.1 Å². The van der Waals surface area contributed by atoms with E-state index in [0.29, 0.717) is 0 Å². The van der Waals surface area contributed by atoms with Crippen molar-refractivity contribution >= 4 is 20.2 Å². The van der Waals surface area contributed by atoms with Gasteiger partial charge in [0, 0.05) is 0 Å². The van der Waals surface area contributed by atoms with E-state index in [-0.39, 0.29) is 23.5 Å². The van der Waals surface area contributed by atoms with Gasteiger partial charge in [-0.3, -0.25) is 4.79 Å². The summed E-state index contributed by atoms with van der Waals surface area (Å²) in [6.45, 7) is 10.1. The number of hydrogen-bond acceptors (Lipinski definition) is 3. The molecule has 0 amide bonds. The molecule has 0 saturated heterocycles. The SMILES string of the molecule is CC(C)(C)[Si](C)(C)OC(=O)CN=C(N)N. The highest BCUT2D eigenvalue weighted by atomic mass is 28.4. The number of carbonyl (C=O) groups excluding carboxylic acids is 1. The van der Waals surface area contributed by atoms with Gasteiger partial charge in [0.15, 0.2) is 5.96 Å². The third-order valence-corrected chi connectivity index (χ3v) is 6.92. The molecule has 0 saturated carbocycles. The number of guanidine groups is 1. The Hall–Kier alpha value is -1.04. The van der Waals surface area contributed by atoms with Crippen LogP contribution in [-0.4, -0.2) is 26.8 Å². The Kier molecular flexibility index (Phi) is 4.33. The number of carbonyl (C=O) groups is 1. The first-order valence-corrected chi connectivity index (χ1v) is 7.74. The molecule has 4 N–H and O–H groups in total. The van der Waals surface area contributed by atoms with Crippen LogP contribution < -0.4 is 11.5 Å². The first-order valence-electron chi connectivity index (χ1n) is 4.83.